The van der Waals surface area contributed by atoms with Crippen LogP contribution in [0.25, 0.3) is 0 Å². The van der Waals surface area contributed by atoms with Crippen LogP contribution in [0, 0.1) is 0 Å². The van der Waals surface area contributed by atoms with Gasteiger partial charge in [-0.1, -0.05) is 0 Å². The molecule has 7 nitrogen and oxygen atoms in total. The monoisotopic (exact) mass is 513 g/mol. The number of guanidine groups is 1. The average Bonchev–Trinajstić information content (AvgIpc) is 2.49. The molecule has 0 rings (SSSR count). The van der Waals surface area contributed by atoms with Gasteiger partial charge >= 0.3 is 6.09 Å². The van der Waals surface area contributed by atoms with Gasteiger partial charge in [-0.3, -0.25) is 4.99 Å². The summed E-state index contributed by atoms with van der Waals surface area (Å²) >= 11 is 0. The van der Waals surface area contributed by atoms with E-state index in [0.29, 0.717) is 12.6 Å². The molecule has 0 aromatic carbocycles. The van der Waals surface area contributed by atoms with Crippen molar-refractivity contribution in [2.24, 2.45) is 4.99 Å². The largest absolute Gasteiger partial charge is 0.444 e. The van der Waals surface area contributed by atoms with Gasteiger partial charge in [-0.05, 0) is 81.8 Å². The molecule has 168 valence electrons. The van der Waals surface area contributed by atoms with Crippen LogP contribution in [0.15, 0.2) is 4.99 Å². The van der Waals surface area contributed by atoms with Crippen LogP contribution in [0.2, 0.25) is 0 Å². The van der Waals surface area contributed by atoms with Gasteiger partial charge in [0.1, 0.15) is 5.60 Å². The predicted molar refractivity (Wildman–Crippen MR) is 130 cm³/mol. The summed E-state index contributed by atoms with van der Waals surface area (Å²) < 4.78 is 5.32. The number of amides is 1. The zero-order valence-electron chi connectivity index (χ0n) is 19.4. The number of aliphatic imine (C=N–C) groups is 1. The number of halogens is 1. The number of nitrogens with zero attached hydrogens (tertiary/aromatic N) is 2. The highest BCUT2D eigenvalue weighted by atomic mass is 127. The lowest BCUT2D eigenvalue weighted by Gasteiger charge is -2.27. The molecule has 1 amide bonds. The lowest BCUT2D eigenvalue weighted by molar-refractivity contribution is 0.0476. The van der Waals surface area contributed by atoms with Gasteiger partial charge in [-0.2, -0.15) is 0 Å². The van der Waals surface area contributed by atoms with Crippen LogP contribution < -0.4 is 16.0 Å². The Kier molecular flexibility index (Phi) is 15.0. The molecule has 0 saturated heterocycles. The highest BCUT2D eigenvalue weighted by molar-refractivity contribution is 14.0. The number of unbranched alkanes of at least 4 members (excludes halogenated alkanes) is 1. The van der Waals surface area contributed by atoms with Crippen LogP contribution in [-0.4, -0.2) is 67.4 Å². The van der Waals surface area contributed by atoms with Gasteiger partial charge in [0.05, 0.1) is 12.1 Å². The number of hydrogen-bond acceptors (Lipinski definition) is 4. The fourth-order valence-electron chi connectivity index (χ4n) is 2.19. The first-order chi connectivity index (χ1) is 12.4. The minimum absolute atomic E-state index is 0. The maximum absolute atomic E-state index is 12.0. The van der Waals surface area contributed by atoms with Gasteiger partial charge in [-0.25, -0.2) is 4.79 Å². The van der Waals surface area contributed by atoms with Gasteiger partial charge in [-0.15, -0.1) is 24.0 Å². The molecule has 0 unspecified atom stereocenters. The van der Waals surface area contributed by atoms with Gasteiger partial charge in [0.15, 0.2) is 5.96 Å². The fourth-order valence-corrected chi connectivity index (χ4v) is 2.19. The Morgan fingerprint density at radius 1 is 1.11 bits per heavy atom. The fraction of sp³-hybridized carbons (Fsp3) is 0.900. The van der Waals surface area contributed by atoms with E-state index in [1.165, 1.54) is 0 Å². The van der Waals surface area contributed by atoms with E-state index in [-0.39, 0.29) is 24.0 Å². The molecule has 3 N–H and O–H groups in total. The summed E-state index contributed by atoms with van der Waals surface area (Å²) in [5, 5.41) is 9.49. The van der Waals surface area contributed by atoms with Crippen molar-refractivity contribution in [2.45, 2.75) is 85.4 Å². The van der Waals surface area contributed by atoms with Crippen LogP contribution in [0.5, 0.6) is 0 Å². The molecular weight excluding hydrogens is 469 g/mol. The summed E-state index contributed by atoms with van der Waals surface area (Å²) in [5.74, 6) is 0.772. The predicted octanol–water partition coefficient (Wildman–Crippen LogP) is 3.58. The Hall–Kier alpha value is -0.770. The minimum atomic E-state index is -0.510. The van der Waals surface area contributed by atoms with Crippen LogP contribution in [0.3, 0.4) is 0 Å². The number of nitrogens with one attached hydrogen (secondary N) is 3. The van der Waals surface area contributed by atoms with Gasteiger partial charge in [0.25, 0.3) is 0 Å². The maximum atomic E-state index is 12.0. The Bertz CT molecular complexity index is 462. The number of hydrogen-bond donors (Lipinski definition) is 3. The topological polar surface area (TPSA) is 78.0 Å². The molecule has 0 aliphatic heterocycles. The van der Waals surface area contributed by atoms with E-state index < -0.39 is 17.2 Å². The zero-order chi connectivity index (χ0) is 21.1. The molecular formula is C20H44IN5O2. The third kappa shape index (κ3) is 16.2. The van der Waals surface area contributed by atoms with Crippen LogP contribution >= 0.6 is 24.0 Å². The summed E-state index contributed by atoms with van der Waals surface area (Å²) in [6, 6.07) is 0.580. The number of rotatable bonds is 10. The first kappa shape index (κ1) is 29.4. The van der Waals surface area contributed by atoms with E-state index in [0.717, 1.165) is 38.4 Å². The van der Waals surface area contributed by atoms with E-state index in [4.69, 9.17) is 4.74 Å². The summed E-state index contributed by atoms with van der Waals surface area (Å²) in [4.78, 5) is 18.9. The van der Waals surface area contributed by atoms with Crippen molar-refractivity contribution in [3.05, 3.63) is 0 Å². The average molecular weight is 514 g/mol. The van der Waals surface area contributed by atoms with Gasteiger partial charge in [0.2, 0.25) is 0 Å². The molecule has 0 radical (unpaired) electrons. The van der Waals surface area contributed by atoms with Crippen molar-refractivity contribution in [1.29, 1.82) is 0 Å². The Balaban J connectivity index is 0. The summed E-state index contributed by atoms with van der Waals surface area (Å²) in [7, 11) is 2.16. The van der Waals surface area contributed by atoms with E-state index in [1.807, 2.05) is 41.5 Å². The minimum Gasteiger partial charge on any atom is -0.444 e. The molecule has 28 heavy (non-hydrogen) atoms. The molecule has 0 heterocycles. The zero-order valence-corrected chi connectivity index (χ0v) is 21.8. The Labute approximate surface area is 189 Å². The SMILES string of the molecule is CCNC(=NCC(C)(C)NC(=O)OC(C)(C)C)NCCCCN(C)C(C)C.I. The standard InChI is InChI=1S/C20H43N5O2.HI/c1-10-21-17(22-13-11-12-14-25(9)16(2)3)23-15-20(7,8)24-18(26)27-19(4,5)6;/h16H,10-15H2,1-9H3,(H,24,26)(H2,21,22,23);1H. The van der Waals surface area contributed by atoms with Crippen molar-refractivity contribution in [1.82, 2.24) is 20.9 Å². The summed E-state index contributed by atoms with van der Waals surface area (Å²) in [6.07, 6.45) is 1.81. The number of carbonyl (C=O) groups is 1. The van der Waals surface area contributed by atoms with E-state index in [2.05, 4.69) is 46.7 Å². The smallest absolute Gasteiger partial charge is 0.408 e. The highest BCUT2D eigenvalue weighted by Crippen LogP contribution is 2.09. The van der Waals surface area contributed by atoms with Gasteiger partial charge < -0.3 is 25.6 Å². The molecule has 0 fully saturated rings. The van der Waals surface area contributed by atoms with Crippen molar-refractivity contribution in [2.75, 3.05) is 33.2 Å². The number of ether oxygens (including phenoxy) is 1. The Morgan fingerprint density at radius 3 is 2.21 bits per heavy atom. The second-order valence-electron chi connectivity index (χ2n) is 8.91. The molecule has 0 aliphatic rings. The number of carbonyl (C=O) groups excluding carboxylic acids is 1. The second kappa shape index (κ2) is 14.3. The maximum Gasteiger partial charge on any atom is 0.408 e. The third-order valence-corrected chi connectivity index (χ3v) is 3.93. The molecule has 0 aromatic heterocycles. The lowest BCUT2D eigenvalue weighted by atomic mass is 10.1. The third-order valence-electron chi connectivity index (χ3n) is 3.93. The quantitative estimate of drug-likeness (QED) is 0.180. The van der Waals surface area contributed by atoms with Crippen molar-refractivity contribution < 1.29 is 9.53 Å². The summed E-state index contributed by atoms with van der Waals surface area (Å²) in [5.41, 5.74) is -1.01. The molecule has 0 bridgehead atoms. The van der Waals surface area contributed by atoms with E-state index >= 15 is 0 Å². The van der Waals surface area contributed by atoms with Crippen molar-refractivity contribution >= 4 is 36.0 Å². The Morgan fingerprint density at radius 2 is 1.71 bits per heavy atom. The van der Waals surface area contributed by atoms with E-state index in [1.54, 1.807) is 0 Å². The summed E-state index contributed by atoms with van der Waals surface area (Å²) in [6.45, 7) is 19.1. The first-order valence-electron chi connectivity index (χ1n) is 10.1. The molecule has 0 saturated carbocycles. The molecule has 0 spiro atoms. The van der Waals surface area contributed by atoms with Crippen LogP contribution in [0.1, 0.15) is 68.2 Å². The van der Waals surface area contributed by atoms with Crippen molar-refractivity contribution in [3.8, 4) is 0 Å². The first-order valence-corrected chi connectivity index (χ1v) is 10.1. The normalized spacial score (nSPS) is 12.6. The second-order valence-corrected chi connectivity index (χ2v) is 8.91. The van der Waals surface area contributed by atoms with E-state index in [9.17, 15) is 4.79 Å². The van der Waals surface area contributed by atoms with Gasteiger partial charge in [0, 0.05) is 19.1 Å². The molecule has 0 aromatic rings. The highest BCUT2D eigenvalue weighted by Gasteiger charge is 2.24. The molecule has 8 heteroatoms. The molecule has 0 aliphatic carbocycles. The number of alkyl carbamates (subject to hydrolysis) is 1. The molecule has 0 atom stereocenters. The van der Waals surface area contributed by atoms with Crippen molar-refractivity contribution in [3.63, 3.8) is 0 Å². The lowest BCUT2D eigenvalue weighted by Crippen LogP contribution is -2.49. The van der Waals surface area contributed by atoms with Crippen LogP contribution in [-0.2, 0) is 4.74 Å². The van der Waals surface area contributed by atoms with Crippen LogP contribution in [0.4, 0.5) is 4.79 Å².